The van der Waals surface area contributed by atoms with Crippen molar-refractivity contribution in [2.45, 2.75) is 34.6 Å². The standard InChI is InChI=1S/C41H32F2N2/c1-23-9-14-36-29(19-23)30-20-24(2)10-15-37(30)44(36)35-18-13-28(40-33(42)7-6-8-34(40)43)41(27(35)5)45-38-16-11-25(3)21-31(38)32-22-26(4)12-17-39(32)45/h6-22H,1-5H3. The molecule has 0 aliphatic rings. The third kappa shape index (κ3) is 4.05. The molecule has 0 unspecified atom stereocenters. The van der Waals surface area contributed by atoms with E-state index in [2.05, 4.69) is 117 Å². The molecule has 0 radical (unpaired) electrons. The van der Waals surface area contributed by atoms with Gasteiger partial charge in [-0.05, 0) is 113 Å². The lowest BCUT2D eigenvalue weighted by Gasteiger charge is -2.22. The predicted octanol–water partition coefficient (Wildman–Crippen LogP) is 11.4. The molecule has 45 heavy (non-hydrogen) atoms. The van der Waals surface area contributed by atoms with Crippen molar-refractivity contribution in [3.8, 4) is 22.5 Å². The minimum absolute atomic E-state index is 0.0233. The number of nitrogens with zero attached hydrogens (tertiary/aromatic N) is 2. The summed E-state index contributed by atoms with van der Waals surface area (Å²) in [7, 11) is 0. The Morgan fingerprint density at radius 3 is 1.27 bits per heavy atom. The van der Waals surface area contributed by atoms with Crippen molar-refractivity contribution in [2.24, 2.45) is 0 Å². The molecule has 0 amide bonds. The Bertz CT molecular complexity index is 2370. The van der Waals surface area contributed by atoms with Crippen LogP contribution in [0.1, 0.15) is 27.8 Å². The fourth-order valence-corrected chi connectivity index (χ4v) is 7.18. The molecular formula is C41H32F2N2. The monoisotopic (exact) mass is 590 g/mol. The van der Waals surface area contributed by atoms with Crippen molar-refractivity contribution < 1.29 is 8.78 Å². The molecule has 0 N–H and O–H groups in total. The van der Waals surface area contributed by atoms with Crippen LogP contribution in [0.15, 0.2) is 103 Å². The molecule has 8 aromatic rings. The molecular weight excluding hydrogens is 558 g/mol. The van der Waals surface area contributed by atoms with E-state index in [4.69, 9.17) is 0 Å². The van der Waals surface area contributed by atoms with Crippen molar-refractivity contribution in [1.29, 1.82) is 0 Å². The van der Waals surface area contributed by atoms with Crippen LogP contribution in [0.3, 0.4) is 0 Å². The summed E-state index contributed by atoms with van der Waals surface area (Å²) in [6.07, 6.45) is 0. The van der Waals surface area contributed by atoms with Crippen molar-refractivity contribution in [3.63, 3.8) is 0 Å². The summed E-state index contributed by atoms with van der Waals surface area (Å²) in [6.45, 7) is 10.5. The van der Waals surface area contributed by atoms with Gasteiger partial charge in [0.1, 0.15) is 11.6 Å². The summed E-state index contributed by atoms with van der Waals surface area (Å²) < 4.78 is 35.8. The number of aryl methyl sites for hydroxylation is 4. The average Bonchev–Trinajstić information content (AvgIpc) is 3.48. The van der Waals surface area contributed by atoms with Gasteiger partial charge in [0, 0.05) is 27.1 Å². The Balaban J connectivity index is 1.57. The lowest BCUT2D eigenvalue weighted by molar-refractivity contribution is 0.589. The van der Waals surface area contributed by atoms with E-state index in [1.54, 1.807) is 0 Å². The molecule has 0 atom stereocenters. The molecule has 0 aliphatic carbocycles. The summed E-state index contributed by atoms with van der Waals surface area (Å²) in [5.74, 6) is -1.17. The maximum Gasteiger partial charge on any atom is 0.134 e. The minimum Gasteiger partial charge on any atom is -0.309 e. The summed E-state index contributed by atoms with van der Waals surface area (Å²) >= 11 is 0. The molecule has 0 spiro atoms. The minimum atomic E-state index is -0.585. The normalized spacial score (nSPS) is 11.9. The highest BCUT2D eigenvalue weighted by Gasteiger charge is 2.24. The Kier molecular flexibility index (Phi) is 6.01. The van der Waals surface area contributed by atoms with Crippen molar-refractivity contribution in [1.82, 2.24) is 9.13 Å². The molecule has 220 valence electrons. The van der Waals surface area contributed by atoms with Crippen LogP contribution in [0.2, 0.25) is 0 Å². The lowest BCUT2D eigenvalue weighted by Crippen LogP contribution is -2.07. The van der Waals surface area contributed by atoms with Gasteiger partial charge in [0.2, 0.25) is 0 Å². The number of halogens is 2. The van der Waals surface area contributed by atoms with Crippen LogP contribution in [0.4, 0.5) is 8.78 Å². The van der Waals surface area contributed by atoms with E-state index >= 15 is 8.78 Å². The highest BCUT2D eigenvalue weighted by molar-refractivity contribution is 6.12. The largest absolute Gasteiger partial charge is 0.309 e. The third-order valence-corrected chi connectivity index (χ3v) is 9.25. The fourth-order valence-electron chi connectivity index (χ4n) is 7.18. The molecule has 4 heteroatoms. The van der Waals surface area contributed by atoms with E-state index in [0.29, 0.717) is 5.56 Å². The summed E-state index contributed by atoms with van der Waals surface area (Å²) in [4.78, 5) is 0. The van der Waals surface area contributed by atoms with E-state index < -0.39 is 11.6 Å². The smallest absolute Gasteiger partial charge is 0.134 e. The summed E-state index contributed by atoms with van der Waals surface area (Å²) in [6, 6.07) is 34.0. The number of benzene rings is 6. The summed E-state index contributed by atoms with van der Waals surface area (Å²) in [5, 5.41) is 4.59. The topological polar surface area (TPSA) is 9.86 Å². The van der Waals surface area contributed by atoms with E-state index in [0.717, 1.165) is 60.9 Å². The number of aromatic nitrogens is 2. The molecule has 0 bridgehead atoms. The fraction of sp³-hybridized carbons (Fsp3) is 0.122. The van der Waals surface area contributed by atoms with Gasteiger partial charge in [0.15, 0.2) is 0 Å². The van der Waals surface area contributed by atoms with E-state index in [1.165, 1.54) is 40.1 Å². The van der Waals surface area contributed by atoms with Crippen LogP contribution in [0.5, 0.6) is 0 Å². The van der Waals surface area contributed by atoms with Gasteiger partial charge in [-0.1, -0.05) is 52.6 Å². The zero-order valence-corrected chi connectivity index (χ0v) is 26.0. The molecule has 0 aliphatic heterocycles. The Morgan fingerprint density at radius 2 is 0.844 bits per heavy atom. The number of hydrogen-bond donors (Lipinski definition) is 0. The molecule has 2 aromatic heterocycles. The predicted molar refractivity (Wildman–Crippen MR) is 184 cm³/mol. The van der Waals surface area contributed by atoms with Gasteiger partial charge >= 0.3 is 0 Å². The molecule has 0 saturated carbocycles. The highest BCUT2D eigenvalue weighted by Crippen LogP contribution is 2.43. The van der Waals surface area contributed by atoms with E-state index in [9.17, 15) is 0 Å². The highest BCUT2D eigenvalue weighted by atomic mass is 19.1. The van der Waals surface area contributed by atoms with Crippen molar-refractivity contribution >= 4 is 43.6 Å². The first-order valence-corrected chi connectivity index (χ1v) is 15.3. The summed E-state index contributed by atoms with van der Waals surface area (Å²) in [5.41, 5.74) is 12.0. The van der Waals surface area contributed by atoms with Crippen molar-refractivity contribution in [3.05, 3.63) is 143 Å². The quantitative estimate of drug-likeness (QED) is 0.194. The molecule has 0 fully saturated rings. The molecule has 2 heterocycles. The van der Waals surface area contributed by atoms with E-state index in [1.807, 2.05) is 12.1 Å². The van der Waals surface area contributed by atoms with Gasteiger partial charge in [-0.2, -0.15) is 0 Å². The second kappa shape index (κ2) is 9.90. The molecule has 2 nitrogen and oxygen atoms in total. The SMILES string of the molecule is Cc1ccc2c(c1)c1cc(C)ccc1n2-c1ccc(-c2c(F)cccc2F)c(-n2c3ccc(C)cc3c3cc(C)ccc32)c1C. The van der Waals surface area contributed by atoms with Gasteiger partial charge in [-0.15, -0.1) is 0 Å². The first-order chi connectivity index (χ1) is 21.7. The maximum atomic E-state index is 15.6. The average molecular weight is 591 g/mol. The lowest BCUT2D eigenvalue weighted by atomic mass is 9.97. The third-order valence-electron chi connectivity index (χ3n) is 9.25. The number of rotatable bonds is 3. The molecule has 6 aromatic carbocycles. The first kappa shape index (κ1) is 27.3. The van der Waals surface area contributed by atoms with E-state index in [-0.39, 0.29) is 5.56 Å². The van der Waals surface area contributed by atoms with Gasteiger partial charge in [0.25, 0.3) is 0 Å². The van der Waals surface area contributed by atoms with Crippen LogP contribution >= 0.6 is 0 Å². The van der Waals surface area contributed by atoms with Crippen LogP contribution < -0.4 is 0 Å². The van der Waals surface area contributed by atoms with Crippen LogP contribution in [0, 0.1) is 46.3 Å². The second-order valence-electron chi connectivity index (χ2n) is 12.5. The Labute approximate surface area is 260 Å². The van der Waals surface area contributed by atoms with Gasteiger partial charge in [-0.3, -0.25) is 0 Å². The Hall–Kier alpha value is -5.22. The van der Waals surface area contributed by atoms with Gasteiger partial charge in [-0.25, -0.2) is 8.78 Å². The van der Waals surface area contributed by atoms with Gasteiger partial charge < -0.3 is 9.13 Å². The van der Waals surface area contributed by atoms with Crippen molar-refractivity contribution in [2.75, 3.05) is 0 Å². The van der Waals surface area contributed by atoms with Crippen LogP contribution in [-0.4, -0.2) is 9.13 Å². The second-order valence-corrected chi connectivity index (χ2v) is 12.5. The van der Waals surface area contributed by atoms with Crippen LogP contribution in [-0.2, 0) is 0 Å². The molecule has 8 rings (SSSR count). The Morgan fingerprint density at radius 1 is 0.444 bits per heavy atom. The van der Waals surface area contributed by atoms with Gasteiger partial charge in [0.05, 0.1) is 39.0 Å². The zero-order chi connectivity index (χ0) is 31.1. The maximum absolute atomic E-state index is 15.6. The number of hydrogen-bond acceptors (Lipinski definition) is 0. The first-order valence-electron chi connectivity index (χ1n) is 15.3. The molecule has 0 saturated heterocycles. The zero-order valence-electron chi connectivity index (χ0n) is 26.0. The number of fused-ring (bicyclic) bond motifs is 6. The van der Waals surface area contributed by atoms with Crippen LogP contribution in [0.25, 0.3) is 66.1 Å².